The Balaban J connectivity index is 1.29. The number of nitrogens with one attached hydrogen (secondary N) is 2. The number of methoxy groups -OCH3 is 1. The van der Waals surface area contributed by atoms with Crippen molar-refractivity contribution in [2.45, 2.75) is 37.9 Å². The van der Waals surface area contributed by atoms with Crippen LogP contribution >= 0.6 is 0 Å². The van der Waals surface area contributed by atoms with Crippen molar-refractivity contribution in [1.82, 2.24) is 10.3 Å². The second-order valence-corrected chi connectivity index (χ2v) is 9.14. The molecule has 3 heterocycles. The Hall–Kier alpha value is -3.75. The van der Waals surface area contributed by atoms with E-state index in [0.29, 0.717) is 32.4 Å². The van der Waals surface area contributed by atoms with Crippen molar-refractivity contribution in [2.75, 3.05) is 26.9 Å². The smallest absolute Gasteiger partial charge is 0.286 e. The largest absolute Gasteiger partial charge is 0.497 e. The summed E-state index contributed by atoms with van der Waals surface area (Å²) in [5, 5.41) is 14.1. The van der Waals surface area contributed by atoms with Crippen LogP contribution in [-0.4, -0.2) is 49.2 Å². The minimum Gasteiger partial charge on any atom is -0.497 e. The Bertz CT molecular complexity index is 1390. The van der Waals surface area contributed by atoms with Crippen LogP contribution < -0.4 is 10.1 Å². The van der Waals surface area contributed by atoms with Crippen LogP contribution in [0, 0.1) is 0 Å². The lowest BCUT2D eigenvalue weighted by Gasteiger charge is -2.29. The number of rotatable bonds is 11. The van der Waals surface area contributed by atoms with Crippen LogP contribution in [0.25, 0.3) is 21.9 Å². The lowest BCUT2D eigenvalue weighted by molar-refractivity contribution is -0.146. The Labute approximate surface area is 215 Å². The van der Waals surface area contributed by atoms with Gasteiger partial charge in [-0.3, -0.25) is 4.79 Å². The Kier molecular flexibility index (Phi) is 7.77. The molecule has 2 atom stereocenters. The van der Waals surface area contributed by atoms with Gasteiger partial charge in [0.1, 0.15) is 11.3 Å². The maximum absolute atomic E-state index is 13.1. The van der Waals surface area contributed by atoms with Crippen molar-refractivity contribution >= 4 is 27.8 Å². The minimum atomic E-state index is -0.566. The normalized spacial score (nSPS) is 17.5. The zero-order chi connectivity index (χ0) is 25.6. The number of aliphatic hydroxyl groups excluding tert-OH is 1. The van der Waals surface area contributed by atoms with E-state index in [0.717, 1.165) is 45.2 Å². The van der Waals surface area contributed by atoms with Crippen LogP contribution in [0.2, 0.25) is 0 Å². The van der Waals surface area contributed by atoms with Crippen molar-refractivity contribution < 1.29 is 28.5 Å². The second kappa shape index (κ2) is 11.5. The van der Waals surface area contributed by atoms with E-state index in [4.69, 9.17) is 23.7 Å². The molecule has 1 aliphatic heterocycles. The van der Waals surface area contributed by atoms with Crippen molar-refractivity contribution in [1.29, 1.82) is 0 Å². The molecule has 2 aromatic carbocycles. The number of hydrogen-bond acceptors (Lipinski definition) is 6. The third kappa shape index (κ3) is 5.65. The summed E-state index contributed by atoms with van der Waals surface area (Å²) in [7, 11) is 1.65. The van der Waals surface area contributed by atoms with E-state index < -0.39 is 6.29 Å². The van der Waals surface area contributed by atoms with E-state index >= 15 is 0 Å². The molecule has 0 aliphatic carbocycles. The SMILES string of the molecule is COc1ccc2[nH]cc(CCNC(=O)C3=C[C@@H](c4coc5ccccc45)C[C@@H](OCCCCO)O3)c2c1. The van der Waals surface area contributed by atoms with E-state index in [2.05, 4.69) is 10.3 Å². The van der Waals surface area contributed by atoms with Gasteiger partial charge in [0.15, 0.2) is 5.76 Å². The summed E-state index contributed by atoms with van der Waals surface area (Å²) >= 11 is 0. The Morgan fingerprint density at radius 3 is 2.95 bits per heavy atom. The first-order valence-corrected chi connectivity index (χ1v) is 12.7. The number of carbonyl (C=O) groups excluding carboxylic acids is 1. The first kappa shape index (κ1) is 24.9. The Morgan fingerprint density at radius 2 is 2.08 bits per heavy atom. The van der Waals surface area contributed by atoms with Crippen LogP contribution in [0.3, 0.4) is 0 Å². The van der Waals surface area contributed by atoms with Gasteiger partial charge in [-0.15, -0.1) is 0 Å². The van der Waals surface area contributed by atoms with Gasteiger partial charge in [0.25, 0.3) is 5.91 Å². The summed E-state index contributed by atoms with van der Waals surface area (Å²) in [4.78, 5) is 16.4. The zero-order valence-corrected chi connectivity index (χ0v) is 20.9. The van der Waals surface area contributed by atoms with Gasteiger partial charge in [-0.1, -0.05) is 18.2 Å². The number of carbonyl (C=O) groups is 1. The molecule has 0 spiro atoms. The van der Waals surface area contributed by atoms with Crippen molar-refractivity contribution in [2.24, 2.45) is 0 Å². The molecule has 0 fully saturated rings. The Morgan fingerprint density at radius 1 is 1.19 bits per heavy atom. The standard InChI is InChI=1S/C29H32N2O6/c1-34-21-8-9-25-23(16-21)19(17-31-25)10-11-30-29(33)27-14-20(15-28(37-27)35-13-5-4-12-32)24-18-36-26-7-3-2-6-22(24)26/h2-3,6-9,14,16-18,20,28,31-32H,4-5,10-13,15H2,1H3,(H,30,33)/t20-,28+/m1/s1. The van der Waals surface area contributed by atoms with E-state index in [1.165, 1.54) is 0 Å². The van der Waals surface area contributed by atoms with Crippen LogP contribution in [0.15, 0.2) is 71.2 Å². The number of aromatic nitrogens is 1. The molecule has 8 heteroatoms. The summed E-state index contributed by atoms with van der Waals surface area (Å²) in [6.07, 6.45) is 7.60. The number of fused-ring (bicyclic) bond motifs is 2. The van der Waals surface area contributed by atoms with Crippen molar-refractivity contribution in [3.63, 3.8) is 0 Å². The number of para-hydroxylation sites is 1. The van der Waals surface area contributed by atoms with E-state index in [9.17, 15) is 4.79 Å². The fourth-order valence-corrected chi connectivity index (χ4v) is 4.74. The average molecular weight is 505 g/mol. The van der Waals surface area contributed by atoms with E-state index in [1.54, 1.807) is 13.4 Å². The lowest BCUT2D eigenvalue weighted by Crippen LogP contribution is -2.34. The molecular weight excluding hydrogens is 472 g/mol. The third-order valence-electron chi connectivity index (χ3n) is 6.70. The predicted octanol–water partition coefficient (Wildman–Crippen LogP) is 4.78. The van der Waals surface area contributed by atoms with Crippen LogP contribution in [0.1, 0.15) is 36.3 Å². The number of amides is 1. The van der Waals surface area contributed by atoms with Crippen LogP contribution in [0.5, 0.6) is 5.75 Å². The molecule has 0 unspecified atom stereocenters. The lowest BCUT2D eigenvalue weighted by atomic mass is 9.92. The molecular formula is C29H32N2O6. The number of aliphatic hydroxyl groups is 1. The molecule has 4 aromatic rings. The zero-order valence-electron chi connectivity index (χ0n) is 20.9. The predicted molar refractivity (Wildman–Crippen MR) is 140 cm³/mol. The highest BCUT2D eigenvalue weighted by molar-refractivity contribution is 5.92. The molecule has 0 bridgehead atoms. The summed E-state index contributed by atoms with van der Waals surface area (Å²) in [5.41, 5.74) is 3.93. The van der Waals surface area contributed by atoms with Crippen LogP contribution in [0.4, 0.5) is 0 Å². The molecule has 3 N–H and O–H groups in total. The van der Waals surface area contributed by atoms with E-state index in [-0.39, 0.29) is 24.2 Å². The molecule has 37 heavy (non-hydrogen) atoms. The molecule has 0 saturated heterocycles. The quantitative estimate of drug-likeness (QED) is 0.254. The molecule has 0 radical (unpaired) electrons. The molecule has 1 aliphatic rings. The molecule has 1 amide bonds. The number of hydrogen-bond donors (Lipinski definition) is 3. The summed E-state index contributed by atoms with van der Waals surface area (Å²) in [5.74, 6) is 0.663. The highest BCUT2D eigenvalue weighted by Gasteiger charge is 2.30. The summed E-state index contributed by atoms with van der Waals surface area (Å²) in [6, 6.07) is 13.8. The number of allylic oxidation sites excluding steroid dienone is 1. The fraction of sp³-hybridized carbons (Fsp3) is 0.345. The van der Waals surface area contributed by atoms with Gasteiger partial charge in [0.05, 0.1) is 20.0 Å². The maximum atomic E-state index is 13.1. The summed E-state index contributed by atoms with van der Waals surface area (Å²) < 4.78 is 23.0. The van der Waals surface area contributed by atoms with Gasteiger partial charge >= 0.3 is 0 Å². The first-order chi connectivity index (χ1) is 18.2. The molecule has 5 rings (SSSR count). The fourth-order valence-electron chi connectivity index (χ4n) is 4.74. The van der Waals surface area contributed by atoms with E-state index in [1.807, 2.05) is 54.7 Å². The minimum absolute atomic E-state index is 0.0953. The number of aromatic amines is 1. The van der Waals surface area contributed by atoms with Gasteiger partial charge in [0.2, 0.25) is 6.29 Å². The highest BCUT2D eigenvalue weighted by Crippen LogP contribution is 2.36. The topological polar surface area (TPSA) is 106 Å². The first-order valence-electron chi connectivity index (χ1n) is 12.7. The third-order valence-corrected chi connectivity index (χ3v) is 6.70. The number of benzene rings is 2. The molecule has 194 valence electrons. The molecule has 0 saturated carbocycles. The van der Waals surface area contributed by atoms with Gasteiger partial charge in [-0.2, -0.15) is 0 Å². The van der Waals surface area contributed by atoms with Gasteiger partial charge in [0, 0.05) is 53.5 Å². The molecule has 8 nitrogen and oxygen atoms in total. The van der Waals surface area contributed by atoms with Crippen LogP contribution in [-0.2, 0) is 20.7 Å². The highest BCUT2D eigenvalue weighted by atomic mass is 16.7. The van der Waals surface area contributed by atoms with Crippen molar-refractivity contribution in [3.8, 4) is 5.75 Å². The van der Waals surface area contributed by atoms with Gasteiger partial charge in [-0.25, -0.2) is 0 Å². The summed E-state index contributed by atoms with van der Waals surface area (Å²) in [6.45, 7) is 1.02. The van der Waals surface area contributed by atoms with Gasteiger partial charge < -0.3 is 34.0 Å². The maximum Gasteiger partial charge on any atom is 0.286 e. The second-order valence-electron chi connectivity index (χ2n) is 9.14. The average Bonchev–Trinajstić information content (AvgIpc) is 3.55. The number of H-pyrrole nitrogens is 1. The van der Waals surface area contributed by atoms with Crippen molar-refractivity contribution in [3.05, 3.63) is 77.9 Å². The molecule has 2 aromatic heterocycles. The number of furan rings is 1. The number of unbranched alkanes of at least 4 members (excludes halogenated alkanes) is 1. The number of ether oxygens (including phenoxy) is 3. The monoisotopic (exact) mass is 504 g/mol. The van der Waals surface area contributed by atoms with Gasteiger partial charge in [-0.05, 0) is 55.2 Å².